The standard InChI is InChI=1S/C43H84NO8P/c1-3-5-7-9-11-13-15-17-18-19-20-21-22-24-25-27-29-31-33-35-42(46)44-37-38-51-53(48,49)52-40-41(45)39-50-43(47)36-34-32-30-28-26-23-16-14-12-10-8-6-4-2/h14,16,41,45H,3-13,15,17-40H2,1-2H3,(H,44,46)(H,48,49)/b16-14-. The van der Waals surface area contributed by atoms with E-state index in [-0.39, 0.29) is 32.1 Å². The zero-order chi connectivity index (χ0) is 38.9. The second-order valence-corrected chi connectivity index (χ2v) is 16.5. The normalized spacial score (nSPS) is 13.4. The molecule has 0 heterocycles. The van der Waals surface area contributed by atoms with Gasteiger partial charge in [0, 0.05) is 19.4 Å². The van der Waals surface area contributed by atoms with Crippen LogP contribution in [-0.2, 0) is 27.9 Å². The Hall–Kier alpha value is -1.25. The molecule has 53 heavy (non-hydrogen) atoms. The van der Waals surface area contributed by atoms with Crippen LogP contribution in [-0.4, -0.2) is 54.3 Å². The third kappa shape index (κ3) is 41.7. The average Bonchev–Trinajstić information content (AvgIpc) is 3.14. The zero-order valence-corrected chi connectivity index (χ0v) is 35.4. The molecular formula is C43H84NO8P. The summed E-state index contributed by atoms with van der Waals surface area (Å²) >= 11 is 0. The second kappa shape index (κ2) is 40.4. The van der Waals surface area contributed by atoms with E-state index < -0.39 is 26.5 Å². The molecule has 3 N–H and O–H groups in total. The van der Waals surface area contributed by atoms with E-state index in [9.17, 15) is 24.2 Å². The van der Waals surface area contributed by atoms with Gasteiger partial charge < -0.3 is 20.1 Å². The van der Waals surface area contributed by atoms with Crippen LogP contribution in [0.5, 0.6) is 0 Å². The minimum absolute atomic E-state index is 0.0856. The molecule has 9 nitrogen and oxygen atoms in total. The summed E-state index contributed by atoms with van der Waals surface area (Å²) in [6.07, 6.45) is 41.4. The van der Waals surface area contributed by atoms with Crippen LogP contribution < -0.4 is 5.32 Å². The molecule has 2 unspecified atom stereocenters. The molecule has 0 fully saturated rings. The lowest BCUT2D eigenvalue weighted by Gasteiger charge is -2.15. The molecule has 0 aliphatic heterocycles. The molecule has 0 saturated heterocycles. The fourth-order valence-corrected chi connectivity index (χ4v) is 7.07. The molecule has 0 aliphatic rings. The maximum Gasteiger partial charge on any atom is 0.472 e. The fourth-order valence-electron chi connectivity index (χ4n) is 6.32. The zero-order valence-electron chi connectivity index (χ0n) is 34.5. The lowest BCUT2D eigenvalue weighted by Crippen LogP contribution is -2.27. The van der Waals surface area contributed by atoms with Gasteiger partial charge in [0.1, 0.15) is 12.7 Å². The Bertz CT molecular complexity index is 886. The number of unbranched alkanes of at least 4 members (excludes halogenated alkanes) is 27. The number of ether oxygens (including phenoxy) is 1. The van der Waals surface area contributed by atoms with Gasteiger partial charge in [-0.25, -0.2) is 4.57 Å². The number of rotatable bonds is 42. The Morgan fingerprint density at radius 3 is 1.43 bits per heavy atom. The number of allylic oxidation sites excluding steroid dienone is 2. The van der Waals surface area contributed by atoms with E-state index in [0.717, 1.165) is 57.8 Å². The Morgan fingerprint density at radius 1 is 0.566 bits per heavy atom. The van der Waals surface area contributed by atoms with Crippen LogP contribution in [0.15, 0.2) is 12.2 Å². The summed E-state index contributed by atoms with van der Waals surface area (Å²) in [4.78, 5) is 33.9. The minimum atomic E-state index is -4.41. The molecule has 0 bridgehead atoms. The van der Waals surface area contributed by atoms with Gasteiger partial charge in [-0.3, -0.25) is 18.6 Å². The van der Waals surface area contributed by atoms with Gasteiger partial charge in [-0.05, 0) is 38.5 Å². The molecule has 0 spiro atoms. The van der Waals surface area contributed by atoms with Gasteiger partial charge in [0.05, 0.1) is 13.2 Å². The van der Waals surface area contributed by atoms with Crippen LogP contribution >= 0.6 is 7.82 Å². The molecule has 0 aromatic rings. The van der Waals surface area contributed by atoms with E-state index in [1.165, 1.54) is 135 Å². The lowest BCUT2D eigenvalue weighted by atomic mass is 10.0. The molecule has 0 aromatic carbocycles. The first-order valence-corrected chi connectivity index (χ1v) is 23.7. The summed E-state index contributed by atoms with van der Waals surface area (Å²) in [6, 6.07) is 0. The van der Waals surface area contributed by atoms with Gasteiger partial charge in [0.15, 0.2) is 0 Å². The van der Waals surface area contributed by atoms with Crippen LogP contribution in [0.1, 0.15) is 219 Å². The molecule has 314 valence electrons. The maximum atomic E-state index is 12.1. The monoisotopic (exact) mass is 774 g/mol. The average molecular weight is 774 g/mol. The van der Waals surface area contributed by atoms with Crippen LogP contribution in [0.3, 0.4) is 0 Å². The summed E-state index contributed by atoms with van der Waals surface area (Å²) in [6.45, 7) is 3.56. The molecule has 1 amide bonds. The third-order valence-electron chi connectivity index (χ3n) is 9.70. The number of aliphatic hydroxyl groups excluding tert-OH is 1. The first-order valence-electron chi connectivity index (χ1n) is 22.2. The largest absolute Gasteiger partial charge is 0.472 e. The van der Waals surface area contributed by atoms with Gasteiger partial charge in [-0.2, -0.15) is 0 Å². The number of phosphoric ester groups is 1. The number of aliphatic hydroxyl groups is 1. The van der Waals surface area contributed by atoms with Crippen LogP contribution in [0.25, 0.3) is 0 Å². The second-order valence-electron chi connectivity index (χ2n) is 15.0. The van der Waals surface area contributed by atoms with Gasteiger partial charge in [-0.15, -0.1) is 0 Å². The predicted octanol–water partition coefficient (Wildman–Crippen LogP) is 12.2. The number of amides is 1. The number of carbonyl (C=O) groups excluding carboxylic acids is 2. The summed E-state index contributed by atoms with van der Waals surface area (Å²) in [5, 5.41) is 12.7. The summed E-state index contributed by atoms with van der Waals surface area (Å²) < 4.78 is 26.8. The number of hydrogen-bond donors (Lipinski definition) is 3. The van der Waals surface area contributed by atoms with Crippen LogP contribution in [0.4, 0.5) is 0 Å². The van der Waals surface area contributed by atoms with E-state index in [4.69, 9.17) is 13.8 Å². The molecular weight excluding hydrogens is 689 g/mol. The van der Waals surface area contributed by atoms with Crippen molar-refractivity contribution in [3.8, 4) is 0 Å². The topological polar surface area (TPSA) is 131 Å². The van der Waals surface area contributed by atoms with Crippen molar-refractivity contribution in [3.63, 3.8) is 0 Å². The third-order valence-corrected chi connectivity index (χ3v) is 10.7. The quantitative estimate of drug-likeness (QED) is 0.0242. The predicted molar refractivity (Wildman–Crippen MR) is 220 cm³/mol. The number of esters is 1. The maximum absolute atomic E-state index is 12.1. The highest BCUT2D eigenvalue weighted by Gasteiger charge is 2.23. The van der Waals surface area contributed by atoms with Gasteiger partial charge in [0.25, 0.3) is 0 Å². The Kier molecular flexibility index (Phi) is 39.5. The molecule has 0 radical (unpaired) electrons. The van der Waals surface area contributed by atoms with Crippen molar-refractivity contribution in [1.82, 2.24) is 5.32 Å². The molecule has 2 atom stereocenters. The number of hydrogen-bond acceptors (Lipinski definition) is 7. The van der Waals surface area contributed by atoms with Crippen molar-refractivity contribution < 1.29 is 37.9 Å². The number of nitrogens with one attached hydrogen (secondary N) is 1. The van der Waals surface area contributed by atoms with Crippen molar-refractivity contribution in [3.05, 3.63) is 12.2 Å². The highest BCUT2D eigenvalue weighted by molar-refractivity contribution is 7.47. The van der Waals surface area contributed by atoms with Gasteiger partial charge in [0.2, 0.25) is 5.91 Å². The summed E-state index contributed by atoms with van der Waals surface area (Å²) in [7, 11) is -4.41. The van der Waals surface area contributed by atoms with Crippen molar-refractivity contribution in [2.24, 2.45) is 0 Å². The molecule has 0 saturated carbocycles. The summed E-state index contributed by atoms with van der Waals surface area (Å²) in [5.41, 5.74) is 0. The molecule has 0 aromatic heterocycles. The first kappa shape index (κ1) is 51.8. The highest BCUT2D eigenvalue weighted by atomic mass is 31.2. The van der Waals surface area contributed by atoms with E-state index in [1.807, 2.05) is 0 Å². The number of phosphoric acid groups is 1. The minimum Gasteiger partial charge on any atom is -0.463 e. The molecule has 10 heteroatoms. The SMILES string of the molecule is CCCCCC/C=C\CCCCCCCC(=O)OCC(O)COP(=O)(O)OCCNC(=O)CCCCCCCCCCCCCCCCCCCCC. The van der Waals surface area contributed by atoms with Crippen molar-refractivity contribution in [2.45, 2.75) is 225 Å². The highest BCUT2D eigenvalue weighted by Crippen LogP contribution is 2.42. The van der Waals surface area contributed by atoms with Gasteiger partial charge in [-0.1, -0.05) is 180 Å². The van der Waals surface area contributed by atoms with Crippen molar-refractivity contribution in [1.29, 1.82) is 0 Å². The Balaban J connectivity index is 3.55. The molecule has 0 aliphatic carbocycles. The van der Waals surface area contributed by atoms with E-state index in [2.05, 4.69) is 31.3 Å². The number of carbonyl (C=O) groups is 2. The Labute approximate surface area is 326 Å². The van der Waals surface area contributed by atoms with Gasteiger partial charge >= 0.3 is 13.8 Å². The summed E-state index contributed by atoms with van der Waals surface area (Å²) in [5.74, 6) is -0.517. The Morgan fingerprint density at radius 2 is 0.962 bits per heavy atom. The van der Waals surface area contributed by atoms with Crippen molar-refractivity contribution >= 4 is 19.7 Å². The van der Waals surface area contributed by atoms with Crippen LogP contribution in [0.2, 0.25) is 0 Å². The lowest BCUT2D eigenvalue weighted by molar-refractivity contribution is -0.147. The van der Waals surface area contributed by atoms with Crippen LogP contribution in [0, 0.1) is 0 Å². The smallest absolute Gasteiger partial charge is 0.463 e. The van der Waals surface area contributed by atoms with Crippen molar-refractivity contribution in [2.75, 3.05) is 26.4 Å². The fraction of sp³-hybridized carbons (Fsp3) is 0.907. The first-order chi connectivity index (χ1) is 25.8. The molecule has 0 rings (SSSR count). The van der Waals surface area contributed by atoms with E-state index in [0.29, 0.717) is 6.42 Å². The van der Waals surface area contributed by atoms with E-state index in [1.54, 1.807) is 0 Å². The van der Waals surface area contributed by atoms with E-state index >= 15 is 0 Å².